The zero-order chi connectivity index (χ0) is 20.0. The Labute approximate surface area is 149 Å². The van der Waals surface area contributed by atoms with E-state index in [1.807, 2.05) is 0 Å². The first kappa shape index (κ1) is 19.4. The Bertz CT molecular complexity index is 793. The molecular formula is C17H14F6N2O2. The molecule has 1 fully saturated rings. The number of halogens is 6. The number of benzene rings is 1. The molecule has 0 heterocycles. The van der Waals surface area contributed by atoms with Crippen molar-refractivity contribution in [2.75, 3.05) is 0 Å². The maximum Gasteiger partial charge on any atom is 0.416 e. The van der Waals surface area contributed by atoms with Crippen molar-refractivity contribution >= 4 is 11.5 Å². The lowest BCUT2D eigenvalue weighted by molar-refractivity contribution is -0.143. The van der Waals surface area contributed by atoms with Crippen molar-refractivity contribution in [2.24, 2.45) is 22.1 Å². The van der Waals surface area contributed by atoms with Gasteiger partial charge in [-0.3, -0.25) is 4.79 Å². The minimum atomic E-state index is -5.01. The van der Waals surface area contributed by atoms with Crippen LogP contribution in [-0.2, 0) is 17.1 Å². The Hall–Kier alpha value is -2.39. The Morgan fingerprint density at radius 1 is 0.852 bits per heavy atom. The third kappa shape index (κ3) is 3.84. The van der Waals surface area contributed by atoms with E-state index in [4.69, 9.17) is 0 Å². The van der Waals surface area contributed by atoms with Crippen molar-refractivity contribution in [3.05, 3.63) is 40.8 Å². The van der Waals surface area contributed by atoms with Gasteiger partial charge in [-0.25, -0.2) is 0 Å². The molecule has 1 N–H and O–H groups in total. The van der Waals surface area contributed by atoms with Gasteiger partial charge in [-0.15, -0.1) is 5.11 Å². The van der Waals surface area contributed by atoms with Gasteiger partial charge >= 0.3 is 12.4 Å². The highest BCUT2D eigenvalue weighted by molar-refractivity contribution is 6.00. The Kier molecular flexibility index (Phi) is 4.77. The summed E-state index contributed by atoms with van der Waals surface area (Å²) in [6.45, 7) is 0. The second-order valence-electron chi connectivity index (χ2n) is 6.56. The SMILES string of the molecule is O=C1C(N=Nc2cc(C(F)(F)F)cc(C(F)(F)F)c2)=C(O)C2CCCCC12. The molecule has 0 aromatic heterocycles. The number of carbonyl (C=O) groups is 1. The standard InChI is InChI=1S/C17H14F6N2O2/c18-16(19,20)8-5-9(17(21,22)23)7-10(6-8)24-25-13-14(26)11-3-1-2-4-12(11)15(13)27/h5-7,11-12,26H,1-4H2. The normalized spacial score (nSPS) is 24.0. The van der Waals surface area contributed by atoms with E-state index in [-0.39, 0.29) is 11.8 Å². The van der Waals surface area contributed by atoms with Gasteiger partial charge < -0.3 is 5.11 Å². The minimum Gasteiger partial charge on any atom is -0.510 e. The summed E-state index contributed by atoms with van der Waals surface area (Å²) in [6, 6.07) is 0.788. The van der Waals surface area contributed by atoms with Crippen LogP contribution >= 0.6 is 0 Å². The lowest BCUT2D eigenvalue weighted by Gasteiger charge is -2.23. The number of carbonyl (C=O) groups excluding carboxylic acids is 1. The van der Waals surface area contributed by atoms with Crippen LogP contribution in [0.3, 0.4) is 0 Å². The lowest BCUT2D eigenvalue weighted by atomic mass is 9.80. The van der Waals surface area contributed by atoms with Crippen molar-refractivity contribution < 1.29 is 36.2 Å². The molecule has 2 unspecified atom stereocenters. The molecular weight excluding hydrogens is 378 g/mol. The number of aliphatic hydroxyl groups is 1. The highest BCUT2D eigenvalue weighted by Gasteiger charge is 2.43. The fraction of sp³-hybridized carbons (Fsp3) is 0.471. The molecule has 3 rings (SSSR count). The predicted octanol–water partition coefficient (Wildman–Crippen LogP) is 5.97. The van der Waals surface area contributed by atoms with Gasteiger partial charge in [0.2, 0.25) is 0 Å². The average molecular weight is 392 g/mol. The fourth-order valence-corrected chi connectivity index (χ4v) is 3.45. The van der Waals surface area contributed by atoms with Crippen LogP contribution in [0.5, 0.6) is 0 Å². The van der Waals surface area contributed by atoms with Crippen molar-refractivity contribution in [1.29, 1.82) is 0 Å². The van der Waals surface area contributed by atoms with Crippen molar-refractivity contribution in [1.82, 2.24) is 0 Å². The van der Waals surface area contributed by atoms with Crippen LogP contribution in [0.2, 0.25) is 0 Å². The monoisotopic (exact) mass is 392 g/mol. The van der Waals surface area contributed by atoms with Gasteiger partial charge in [0, 0.05) is 11.8 Å². The van der Waals surface area contributed by atoms with Gasteiger partial charge in [0.25, 0.3) is 0 Å². The van der Waals surface area contributed by atoms with Gasteiger partial charge in [-0.1, -0.05) is 12.8 Å². The molecule has 0 amide bonds. The third-order valence-electron chi connectivity index (χ3n) is 4.77. The molecule has 1 saturated carbocycles. The molecule has 146 valence electrons. The van der Waals surface area contributed by atoms with Gasteiger partial charge in [-0.05, 0) is 31.0 Å². The molecule has 10 heteroatoms. The van der Waals surface area contributed by atoms with E-state index < -0.39 is 52.5 Å². The number of ketones is 1. The summed E-state index contributed by atoms with van der Waals surface area (Å²) in [5.74, 6) is -1.65. The zero-order valence-corrected chi connectivity index (χ0v) is 13.7. The van der Waals surface area contributed by atoms with E-state index in [1.165, 1.54) is 0 Å². The molecule has 0 radical (unpaired) electrons. The maximum absolute atomic E-state index is 12.9. The smallest absolute Gasteiger partial charge is 0.416 e. The predicted molar refractivity (Wildman–Crippen MR) is 81.1 cm³/mol. The molecule has 0 bridgehead atoms. The number of hydrogen-bond acceptors (Lipinski definition) is 4. The summed E-state index contributed by atoms with van der Waals surface area (Å²) < 4.78 is 77.2. The van der Waals surface area contributed by atoms with Crippen molar-refractivity contribution in [3.8, 4) is 0 Å². The molecule has 0 spiro atoms. The van der Waals surface area contributed by atoms with Gasteiger partial charge in [0.05, 0.1) is 16.8 Å². The van der Waals surface area contributed by atoms with E-state index in [0.29, 0.717) is 25.0 Å². The number of Topliss-reactive ketones (excluding diaryl/α,β-unsaturated/α-hetero) is 1. The lowest BCUT2D eigenvalue weighted by Crippen LogP contribution is -2.21. The first-order chi connectivity index (χ1) is 12.5. The van der Waals surface area contributed by atoms with Crippen LogP contribution in [0.1, 0.15) is 36.8 Å². The van der Waals surface area contributed by atoms with E-state index in [1.54, 1.807) is 0 Å². The number of aliphatic hydroxyl groups excluding tert-OH is 1. The number of rotatable bonds is 2. The van der Waals surface area contributed by atoms with Crippen molar-refractivity contribution in [2.45, 2.75) is 38.0 Å². The van der Waals surface area contributed by atoms with Crippen LogP contribution in [0, 0.1) is 11.8 Å². The Morgan fingerprint density at radius 3 is 1.85 bits per heavy atom. The van der Waals surface area contributed by atoms with E-state index in [0.717, 1.165) is 12.8 Å². The quantitative estimate of drug-likeness (QED) is 0.498. The minimum absolute atomic E-state index is 0.0228. The second-order valence-corrected chi connectivity index (χ2v) is 6.56. The largest absolute Gasteiger partial charge is 0.510 e. The van der Waals surface area contributed by atoms with E-state index in [9.17, 15) is 36.2 Å². The van der Waals surface area contributed by atoms with Crippen molar-refractivity contribution in [3.63, 3.8) is 0 Å². The number of azo groups is 1. The number of fused-ring (bicyclic) bond motifs is 1. The summed E-state index contributed by atoms with van der Waals surface area (Å²) in [7, 11) is 0. The summed E-state index contributed by atoms with van der Waals surface area (Å²) in [4.78, 5) is 12.3. The molecule has 2 aliphatic carbocycles. The fourth-order valence-electron chi connectivity index (χ4n) is 3.45. The first-order valence-electron chi connectivity index (χ1n) is 8.17. The summed E-state index contributed by atoms with van der Waals surface area (Å²) in [5.41, 5.74) is -4.16. The molecule has 1 aromatic rings. The Morgan fingerprint density at radius 2 is 1.37 bits per heavy atom. The molecule has 0 saturated heterocycles. The second kappa shape index (κ2) is 6.65. The molecule has 1 aromatic carbocycles. The number of allylic oxidation sites excluding steroid dienone is 2. The summed E-state index contributed by atoms with van der Waals surface area (Å²) >= 11 is 0. The van der Waals surface area contributed by atoms with Gasteiger partial charge in [0.1, 0.15) is 5.76 Å². The molecule has 27 heavy (non-hydrogen) atoms. The van der Waals surface area contributed by atoms with Crippen LogP contribution < -0.4 is 0 Å². The van der Waals surface area contributed by atoms with E-state index >= 15 is 0 Å². The highest BCUT2D eigenvalue weighted by Crippen LogP contribution is 2.43. The highest BCUT2D eigenvalue weighted by atomic mass is 19.4. The first-order valence-corrected chi connectivity index (χ1v) is 8.17. The van der Waals surface area contributed by atoms with Crippen LogP contribution in [0.4, 0.5) is 32.0 Å². The third-order valence-corrected chi connectivity index (χ3v) is 4.77. The number of hydrogen-bond donors (Lipinski definition) is 1. The molecule has 4 nitrogen and oxygen atoms in total. The van der Waals surface area contributed by atoms with Gasteiger partial charge in [0.15, 0.2) is 11.5 Å². The number of alkyl halides is 6. The average Bonchev–Trinajstić information content (AvgIpc) is 2.83. The molecule has 2 aliphatic rings. The topological polar surface area (TPSA) is 62.0 Å². The Balaban J connectivity index is 1.97. The van der Waals surface area contributed by atoms with Crippen LogP contribution in [-0.4, -0.2) is 10.9 Å². The van der Waals surface area contributed by atoms with Crippen LogP contribution in [0.25, 0.3) is 0 Å². The van der Waals surface area contributed by atoms with Crippen LogP contribution in [0.15, 0.2) is 39.9 Å². The molecule has 2 atom stereocenters. The summed E-state index contributed by atoms with van der Waals surface area (Å²) in [5, 5.41) is 17.0. The maximum atomic E-state index is 12.9. The van der Waals surface area contributed by atoms with Gasteiger partial charge in [-0.2, -0.15) is 31.5 Å². The number of nitrogens with zero attached hydrogens (tertiary/aromatic N) is 2. The zero-order valence-electron chi connectivity index (χ0n) is 13.7. The molecule has 0 aliphatic heterocycles. The summed E-state index contributed by atoms with van der Waals surface area (Å²) in [6.07, 6.45) is -7.29. The van der Waals surface area contributed by atoms with E-state index in [2.05, 4.69) is 10.2 Å².